The summed E-state index contributed by atoms with van der Waals surface area (Å²) < 4.78 is 16.0. The van der Waals surface area contributed by atoms with Gasteiger partial charge in [-0.2, -0.15) is 0 Å². The van der Waals surface area contributed by atoms with Crippen molar-refractivity contribution in [2.45, 2.75) is 12.8 Å². The van der Waals surface area contributed by atoms with Gasteiger partial charge in [-0.1, -0.05) is 24.3 Å². The fourth-order valence-electron chi connectivity index (χ4n) is 3.35. The predicted octanol–water partition coefficient (Wildman–Crippen LogP) is 4.57. The minimum Gasteiger partial charge on any atom is -0.507 e. The van der Waals surface area contributed by atoms with Crippen molar-refractivity contribution in [3.8, 4) is 34.1 Å². The molecule has 6 nitrogen and oxygen atoms in total. The maximum absolute atomic E-state index is 14.3. The zero-order valence-electron chi connectivity index (χ0n) is 15.2. The average Bonchev–Trinajstić information content (AvgIpc) is 3.13. The van der Waals surface area contributed by atoms with E-state index in [1.54, 1.807) is 47.2 Å². The molecule has 2 aromatic carbocycles. The first-order valence-electron chi connectivity index (χ1n) is 8.94. The van der Waals surface area contributed by atoms with E-state index in [1.807, 2.05) is 0 Å². The van der Waals surface area contributed by atoms with Gasteiger partial charge in [0.05, 0.1) is 16.8 Å². The van der Waals surface area contributed by atoms with E-state index in [0.29, 0.717) is 28.3 Å². The fourth-order valence-corrected chi connectivity index (χ4v) is 3.35. The van der Waals surface area contributed by atoms with E-state index in [-0.39, 0.29) is 29.9 Å². The molecule has 0 unspecified atom stereocenters. The molecule has 29 heavy (non-hydrogen) atoms. The molecule has 7 heteroatoms. The lowest BCUT2D eigenvalue weighted by Gasteiger charge is -2.17. The SMILES string of the molecule is O=C(O)C1=C(F)C=C(n2cc(-c3ccccc3O)nc2-c2ccccc2O)CC1. The molecule has 0 aliphatic heterocycles. The maximum atomic E-state index is 14.3. The Balaban J connectivity index is 1.92. The van der Waals surface area contributed by atoms with Crippen molar-refractivity contribution >= 4 is 11.7 Å². The molecule has 3 aromatic rings. The van der Waals surface area contributed by atoms with Crippen LogP contribution in [0.4, 0.5) is 4.39 Å². The smallest absolute Gasteiger partial charge is 0.334 e. The molecule has 1 heterocycles. The number of benzene rings is 2. The third-order valence-electron chi connectivity index (χ3n) is 4.81. The maximum Gasteiger partial charge on any atom is 0.334 e. The van der Waals surface area contributed by atoms with Crippen LogP contribution in [0, 0.1) is 0 Å². The number of phenols is 2. The molecule has 0 fully saturated rings. The fraction of sp³-hybridized carbons (Fsp3) is 0.0909. The van der Waals surface area contributed by atoms with E-state index in [9.17, 15) is 19.4 Å². The highest BCUT2D eigenvalue weighted by Gasteiger charge is 2.23. The standard InChI is InChI=1S/C22H17FN2O4/c23-17-11-13(9-10-14(17)22(28)29)25-12-18(15-5-1-3-7-19(15)26)24-21(25)16-6-2-4-8-20(16)27/h1-8,11-12,26-27H,9-10H2,(H,28,29). The van der Waals surface area contributed by atoms with Crippen molar-refractivity contribution in [3.63, 3.8) is 0 Å². The molecular weight excluding hydrogens is 375 g/mol. The zero-order chi connectivity index (χ0) is 20.5. The number of allylic oxidation sites excluding steroid dienone is 3. The summed E-state index contributed by atoms with van der Waals surface area (Å²) in [5.41, 5.74) is 1.60. The number of carbonyl (C=O) groups is 1. The molecule has 1 aromatic heterocycles. The Morgan fingerprint density at radius 2 is 1.59 bits per heavy atom. The molecule has 0 saturated heterocycles. The summed E-state index contributed by atoms with van der Waals surface area (Å²) in [6, 6.07) is 13.3. The number of aliphatic carboxylic acids is 1. The van der Waals surface area contributed by atoms with Gasteiger partial charge in [0.25, 0.3) is 0 Å². The number of nitrogens with zero attached hydrogens (tertiary/aromatic N) is 2. The Morgan fingerprint density at radius 3 is 2.17 bits per heavy atom. The van der Waals surface area contributed by atoms with Crippen LogP contribution in [0.3, 0.4) is 0 Å². The first-order valence-corrected chi connectivity index (χ1v) is 8.94. The van der Waals surface area contributed by atoms with E-state index < -0.39 is 11.8 Å². The number of imidazole rings is 1. The molecule has 3 N–H and O–H groups in total. The van der Waals surface area contributed by atoms with Gasteiger partial charge >= 0.3 is 5.97 Å². The van der Waals surface area contributed by atoms with Gasteiger partial charge in [-0.25, -0.2) is 14.2 Å². The Hall–Kier alpha value is -3.87. The highest BCUT2D eigenvalue weighted by Crippen LogP contribution is 2.37. The Kier molecular flexibility index (Phi) is 4.64. The normalized spacial score (nSPS) is 14.0. The first-order chi connectivity index (χ1) is 14.0. The lowest BCUT2D eigenvalue weighted by atomic mass is 10.0. The van der Waals surface area contributed by atoms with Gasteiger partial charge in [0.2, 0.25) is 0 Å². The minimum atomic E-state index is -1.28. The summed E-state index contributed by atoms with van der Waals surface area (Å²) >= 11 is 0. The third kappa shape index (κ3) is 3.38. The summed E-state index contributed by atoms with van der Waals surface area (Å²) in [5.74, 6) is -1.68. The number of halogens is 1. The second-order valence-electron chi connectivity index (χ2n) is 6.62. The van der Waals surface area contributed by atoms with Crippen LogP contribution in [0.15, 0.2) is 72.2 Å². The Bertz CT molecular complexity index is 1180. The molecule has 1 aliphatic rings. The van der Waals surface area contributed by atoms with E-state index in [2.05, 4.69) is 4.98 Å². The Morgan fingerprint density at radius 1 is 0.966 bits per heavy atom. The van der Waals surface area contributed by atoms with E-state index in [4.69, 9.17) is 5.11 Å². The first kappa shape index (κ1) is 18.5. The summed E-state index contributed by atoms with van der Waals surface area (Å²) in [6.45, 7) is 0. The highest BCUT2D eigenvalue weighted by molar-refractivity contribution is 5.89. The van der Waals surface area contributed by atoms with Gasteiger partial charge in [-0.05, 0) is 43.2 Å². The second kappa shape index (κ2) is 7.27. The lowest BCUT2D eigenvalue weighted by molar-refractivity contribution is -0.132. The topological polar surface area (TPSA) is 95.6 Å². The lowest BCUT2D eigenvalue weighted by Crippen LogP contribution is -2.09. The number of carboxylic acid groups (broad SMARTS) is 1. The van der Waals surface area contributed by atoms with Crippen molar-refractivity contribution in [2.75, 3.05) is 0 Å². The van der Waals surface area contributed by atoms with Crippen LogP contribution in [-0.4, -0.2) is 30.8 Å². The molecular formula is C22H17FN2O4. The highest BCUT2D eigenvalue weighted by atomic mass is 19.1. The number of hydrogen-bond acceptors (Lipinski definition) is 4. The second-order valence-corrected chi connectivity index (χ2v) is 6.62. The van der Waals surface area contributed by atoms with Gasteiger partial charge in [0.15, 0.2) is 0 Å². The molecule has 1 aliphatic carbocycles. The quantitative estimate of drug-likeness (QED) is 0.604. The zero-order valence-corrected chi connectivity index (χ0v) is 15.2. The molecule has 0 amide bonds. The number of carboxylic acids is 1. The van der Waals surface area contributed by atoms with Gasteiger partial charge in [0.1, 0.15) is 23.2 Å². The van der Waals surface area contributed by atoms with Crippen molar-refractivity contribution in [2.24, 2.45) is 0 Å². The number of hydrogen-bond donors (Lipinski definition) is 3. The summed E-state index contributed by atoms with van der Waals surface area (Å²) in [6.07, 6.45) is 3.14. The summed E-state index contributed by atoms with van der Waals surface area (Å²) in [5, 5.41) is 29.6. The number of aromatic nitrogens is 2. The summed E-state index contributed by atoms with van der Waals surface area (Å²) in [4.78, 5) is 15.7. The minimum absolute atomic E-state index is 0.00170. The van der Waals surface area contributed by atoms with Gasteiger partial charge in [-0.3, -0.25) is 0 Å². The van der Waals surface area contributed by atoms with Crippen LogP contribution in [0.5, 0.6) is 11.5 Å². The monoisotopic (exact) mass is 392 g/mol. The van der Waals surface area contributed by atoms with Crippen molar-refractivity contribution < 1.29 is 24.5 Å². The van der Waals surface area contributed by atoms with Gasteiger partial charge < -0.3 is 19.9 Å². The molecule has 146 valence electrons. The van der Waals surface area contributed by atoms with Crippen LogP contribution >= 0.6 is 0 Å². The van der Waals surface area contributed by atoms with Crippen LogP contribution < -0.4 is 0 Å². The predicted molar refractivity (Wildman–Crippen MR) is 106 cm³/mol. The molecule has 0 bridgehead atoms. The Labute approximate surface area is 165 Å². The average molecular weight is 392 g/mol. The van der Waals surface area contributed by atoms with Crippen LogP contribution in [0.2, 0.25) is 0 Å². The molecule has 4 rings (SSSR count). The molecule has 0 radical (unpaired) electrons. The van der Waals surface area contributed by atoms with Crippen LogP contribution in [0.1, 0.15) is 12.8 Å². The number of phenolic OH excluding ortho intramolecular Hbond substituents is 2. The molecule has 0 spiro atoms. The molecule has 0 atom stereocenters. The van der Waals surface area contributed by atoms with E-state index >= 15 is 0 Å². The third-order valence-corrected chi connectivity index (χ3v) is 4.81. The van der Waals surface area contributed by atoms with Crippen molar-refractivity contribution in [3.05, 3.63) is 72.2 Å². The number of para-hydroxylation sites is 2. The number of rotatable bonds is 4. The van der Waals surface area contributed by atoms with Crippen molar-refractivity contribution in [1.82, 2.24) is 9.55 Å². The summed E-state index contributed by atoms with van der Waals surface area (Å²) in [7, 11) is 0. The number of aromatic hydroxyl groups is 2. The van der Waals surface area contributed by atoms with Crippen molar-refractivity contribution in [1.29, 1.82) is 0 Å². The van der Waals surface area contributed by atoms with E-state index in [0.717, 1.165) is 0 Å². The van der Waals surface area contributed by atoms with Gasteiger partial charge in [0, 0.05) is 17.5 Å². The van der Waals surface area contributed by atoms with Gasteiger partial charge in [-0.15, -0.1) is 0 Å². The van der Waals surface area contributed by atoms with E-state index in [1.165, 1.54) is 18.2 Å². The van der Waals surface area contributed by atoms with Crippen LogP contribution in [-0.2, 0) is 4.79 Å². The van der Waals surface area contributed by atoms with Crippen LogP contribution in [0.25, 0.3) is 28.3 Å². The molecule has 0 saturated carbocycles. The largest absolute Gasteiger partial charge is 0.507 e.